The Morgan fingerprint density at radius 3 is 2.61 bits per heavy atom. The third kappa shape index (κ3) is 5.68. The van der Waals surface area contributed by atoms with Crippen LogP contribution in [0.15, 0.2) is 41.8 Å². The number of piperidine rings is 1. The number of hydrogen-bond donors (Lipinski definition) is 1. The van der Waals surface area contributed by atoms with E-state index in [2.05, 4.69) is 16.4 Å². The van der Waals surface area contributed by atoms with Crippen molar-refractivity contribution in [3.63, 3.8) is 0 Å². The minimum Gasteiger partial charge on any atom is -0.356 e. The van der Waals surface area contributed by atoms with Crippen LogP contribution in [0.2, 0.25) is 0 Å². The molecule has 3 heterocycles. The normalized spacial score (nSPS) is 15.4. The zero-order valence-electron chi connectivity index (χ0n) is 18.8. The minimum atomic E-state index is -0.295. The van der Waals surface area contributed by atoms with Crippen molar-refractivity contribution in [2.45, 2.75) is 33.1 Å². The third-order valence-electron chi connectivity index (χ3n) is 6.28. The van der Waals surface area contributed by atoms with Gasteiger partial charge in [0, 0.05) is 36.0 Å². The van der Waals surface area contributed by atoms with Crippen LogP contribution < -0.4 is 5.32 Å². The lowest BCUT2D eigenvalue weighted by atomic mass is 9.84. The lowest BCUT2D eigenvalue weighted by Gasteiger charge is -2.34. The summed E-state index contributed by atoms with van der Waals surface area (Å²) in [4.78, 5) is 34.0. The van der Waals surface area contributed by atoms with Gasteiger partial charge in [-0.3, -0.25) is 9.59 Å². The number of rotatable bonds is 7. The van der Waals surface area contributed by atoms with Crippen LogP contribution in [0.5, 0.6) is 0 Å². The van der Waals surface area contributed by atoms with Gasteiger partial charge in [0.15, 0.2) is 0 Å². The average molecular weight is 486 g/mol. The Bertz CT molecular complexity index is 1090. The van der Waals surface area contributed by atoms with Crippen molar-refractivity contribution in [2.75, 3.05) is 19.6 Å². The molecule has 0 spiro atoms. The Hall–Kier alpha value is -2.58. The van der Waals surface area contributed by atoms with E-state index in [-0.39, 0.29) is 29.5 Å². The number of nitrogens with zero attached hydrogens (tertiary/aromatic N) is 2. The van der Waals surface area contributed by atoms with Gasteiger partial charge in [0.2, 0.25) is 5.91 Å². The topological polar surface area (TPSA) is 62.3 Å². The number of aryl methyl sites for hydroxylation is 1. The first-order chi connectivity index (χ1) is 15.9. The maximum Gasteiger partial charge on any atom is 0.265 e. The fraction of sp³-hybridized carbons (Fsp3) is 0.400. The summed E-state index contributed by atoms with van der Waals surface area (Å²) in [5, 5.41) is 5.83. The van der Waals surface area contributed by atoms with Crippen LogP contribution in [-0.4, -0.2) is 41.3 Å². The third-order valence-corrected chi connectivity index (χ3v) is 8.41. The van der Waals surface area contributed by atoms with Crippen LogP contribution in [-0.2, 0) is 11.2 Å². The number of halogens is 1. The largest absolute Gasteiger partial charge is 0.356 e. The second kappa shape index (κ2) is 10.6. The van der Waals surface area contributed by atoms with E-state index in [0.717, 1.165) is 29.8 Å². The van der Waals surface area contributed by atoms with E-state index in [9.17, 15) is 14.0 Å². The standard InChI is InChI=1S/C25H28FN3O2S2/c1-16(23(30)27-12-9-21-4-3-15-32-21)18-10-13-29(14-11-18)25(31)22-17(2)28-24(33-22)19-5-7-20(26)8-6-19/h3-8,15-16,18H,9-14H2,1-2H3,(H,27,30)/t16-/m0/s1. The summed E-state index contributed by atoms with van der Waals surface area (Å²) < 4.78 is 13.2. The SMILES string of the molecule is Cc1nc(-c2ccc(F)cc2)sc1C(=O)N1CCC([C@H](C)C(=O)NCCc2cccs2)CC1. The molecule has 1 atom stereocenters. The van der Waals surface area contributed by atoms with Gasteiger partial charge in [0.1, 0.15) is 15.7 Å². The van der Waals surface area contributed by atoms with Crippen molar-refractivity contribution >= 4 is 34.5 Å². The molecule has 3 aromatic rings. The first-order valence-corrected chi connectivity index (χ1v) is 12.9. The number of nitrogens with one attached hydrogen (secondary N) is 1. The van der Waals surface area contributed by atoms with Crippen molar-refractivity contribution in [3.05, 3.63) is 63.0 Å². The summed E-state index contributed by atoms with van der Waals surface area (Å²) in [5.41, 5.74) is 1.51. The van der Waals surface area contributed by atoms with Gasteiger partial charge in [-0.1, -0.05) is 13.0 Å². The van der Waals surface area contributed by atoms with E-state index in [4.69, 9.17) is 0 Å². The molecule has 1 aromatic carbocycles. The molecule has 1 fully saturated rings. The molecular formula is C25H28FN3O2S2. The molecule has 0 bridgehead atoms. The Labute approximate surface area is 201 Å². The summed E-state index contributed by atoms with van der Waals surface area (Å²) in [6.07, 6.45) is 2.49. The molecule has 5 nitrogen and oxygen atoms in total. The summed E-state index contributed by atoms with van der Waals surface area (Å²) in [6.45, 7) is 5.76. The maximum atomic E-state index is 13.2. The molecule has 0 unspecified atom stereocenters. The number of thiophene rings is 1. The van der Waals surface area contributed by atoms with Gasteiger partial charge in [0.05, 0.1) is 5.69 Å². The van der Waals surface area contributed by atoms with Crippen LogP contribution in [0.25, 0.3) is 10.6 Å². The second-order valence-corrected chi connectivity index (χ2v) is 10.5. The Morgan fingerprint density at radius 1 is 1.21 bits per heavy atom. The van der Waals surface area contributed by atoms with Gasteiger partial charge >= 0.3 is 0 Å². The van der Waals surface area contributed by atoms with Gasteiger partial charge in [-0.05, 0) is 67.8 Å². The number of carbonyl (C=O) groups is 2. The van der Waals surface area contributed by atoms with Gasteiger partial charge in [-0.15, -0.1) is 22.7 Å². The highest BCUT2D eigenvalue weighted by molar-refractivity contribution is 7.17. The van der Waals surface area contributed by atoms with Crippen molar-refractivity contribution in [1.82, 2.24) is 15.2 Å². The predicted molar refractivity (Wildman–Crippen MR) is 131 cm³/mol. The van der Waals surface area contributed by atoms with Crippen molar-refractivity contribution in [2.24, 2.45) is 11.8 Å². The first kappa shape index (κ1) is 23.6. The smallest absolute Gasteiger partial charge is 0.265 e. The highest BCUT2D eigenvalue weighted by Gasteiger charge is 2.31. The second-order valence-electron chi connectivity index (χ2n) is 8.48. The molecule has 1 aliphatic rings. The van der Waals surface area contributed by atoms with Crippen LogP contribution >= 0.6 is 22.7 Å². The summed E-state index contributed by atoms with van der Waals surface area (Å²) >= 11 is 3.06. The summed E-state index contributed by atoms with van der Waals surface area (Å²) in [5.74, 6) is -0.00557. The van der Waals surface area contributed by atoms with Crippen molar-refractivity contribution < 1.29 is 14.0 Å². The molecular weight excluding hydrogens is 457 g/mol. The number of aromatic nitrogens is 1. The van der Waals surface area contributed by atoms with Gasteiger partial charge in [-0.2, -0.15) is 0 Å². The molecule has 4 rings (SSSR count). The zero-order chi connectivity index (χ0) is 23.4. The molecule has 1 aliphatic heterocycles. The fourth-order valence-corrected chi connectivity index (χ4v) is 5.94. The Balaban J connectivity index is 1.29. The minimum absolute atomic E-state index is 0.00939. The predicted octanol–water partition coefficient (Wildman–Crippen LogP) is 5.17. The van der Waals surface area contributed by atoms with E-state index in [1.54, 1.807) is 23.5 Å². The molecule has 1 N–H and O–H groups in total. The van der Waals surface area contributed by atoms with E-state index < -0.39 is 0 Å². The van der Waals surface area contributed by atoms with E-state index in [1.165, 1.54) is 28.3 Å². The summed E-state index contributed by atoms with van der Waals surface area (Å²) in [7, 11) is 0. The molecule has 8 heteroatoms. The zero-order valence-corrected chi connectivity index (χ0v) is 20.5. The fourth-order valence-electron chi connectivity index (χ4n) is 4.20. The molecule has 33 heavy (non-hydrogen) atoms. The quantitative estimate of drug-likeness (QED) is 0.502. The molecule has 0 aliphatic carbocycles. The highest BCUT2D eigenvalue weighted by atomic mass is 32.1. The molecule has 1 saturated heterocycles. The maximum absolute atomic E-state index is 13.2. The average Bonchev–Trinajstić information content (AvgIpc) is 3.48. The Kier molecular flexibility index (Phi) is 7.55. The number of likely N-dealkylation sites (tertiary alicyclic amines) is 1. The number of amides is 2. The molecule has 2 amide bonds. The van der Waals surface area contributed by atoms with E-state index >= 15 is 0 Å². The van der Waals surface area contributed by atoms with E-state index in [0.29, 0.717) is 30.2 Å². The number of benzene rings is 1. The highest BCUT2D eigenvalue weighted by Crippen LogP contribution is 2.31. The number of thiazole rings is 1. The van der Waals surface area contributed by atoms with Crippen molar-refractivity contribution in [3.8, 4) is 10.6 Å². The van der Waals surface area contributed by atoms with Crippen LogP contribution in [0.1, 0.15) is 40.0 Å². The van der Waals surface area contributed by atoms with Gasteiger partial charge in [0.25, 0.3) is 5.91 Å². The lowest BCUT2D eigenvalue weighted by Crippen LogP contribution is -2.43. The van der Waals surface area contributed by atoms with Gasteiger partial charge in [-0.25, -0.2) is 9.37 Å². The Morgan fingerprint density at radius 2 is 1.94 bits per heavy atom. The van der Waals surface area contributed by atoms with Crippen LogP contribution in [0, 0.1) is 24.6 Å². The van der Waals surface area contributed by atoms with Gasteiger partial charge < -0.3 is 10.2 Å². The molecule has 0 saturated carbocycles. The molecule has 0 radical (unpaired) electrons. The first-order valence-electron chi connectivity index (χ1n) is 11.2. The lowest BCUT2D eigenvalue weighted by molar-refractivity contribution is -0.126. The van der Waals surface area contributed by atoms with Crippen LogP contribution in [0.3, 0.4) is 0 Å². The molecule has 174 valence electrons. The molecule has 2 aromatic heterocycles. The van der Waals surface area contributed by atoms with Crippen molar-refractivity contribution in [1.29, 1.82) is 0 Å². The monoisotopic (exact) mass is 485 g/mol. The summed E-state index contributed by atoms with van der Waals surface area (Å²) in [6, 6.07) is 10.3. The van der Waals surface area contributed by atoms with E-state index in [1.807, 2.05) is 30.2 Å². The number of carbonyl (C=O) groups excluding carboxylic acids is 2. The number of hydrogen-bond acceptors (Lipinski definition) is 5. The van der Waals surface area contributed by atoms with Crippen LogP contribution in [0.4, 0.5) is 4.39 Å².